The third-order valence-corrected chi connectivity index (χ3v) is 5.35. The predicted molar refractivity (Wildman–Crippen MR) is 118 cm³/mol. The Morgan fingerprint density at radius 1 is 0.793 bits per heavy atom. The molecule has 0 amide bonds. The minimum Gasteiger partial charge on any atom is -0.286 e. The number of pyridine rings is 3. The zero-order valence-electron chi connectivity index (χ0n) is 18.3. The summed E-state index contributed by atoms with van der Waals surface area (Å²) >= 11 is 0. The molecule has 0 fully saturated rings. The normalized spacial score (nSPS) is 11.4. The maximum absolute atomic E-state index is 4.91. The molecular weight excluding hydrogens is 356 g/mol. The van der Waals surface area contributed by atoms with Gasteiger partial charge < -0.3 is 0 Å². The zero-order chi connectivity index (χ0) is 20.8. The van der Waals surface area contributed by atoms with Gasteiger partial charge in [-0.25, -0.2) is 0 Å². The molecule has 0 saturated heterocycles. The molecule has 0 saturated carbocycles. The largest absolute Gasteiger partial charge is 0.286 e. The summed E-state index contributed by atoms with van der Waals surface area (Å²) in [6.07, 6.45) is 4.85. The van der Waals surface area contributed by atoms with E-state index >= 15 is 0 Å². The summed E-state index contributed by atoms with van der Waals surface area (Å²) in [5.74, 6) is 0.602. The molecule has 0 spiro atoms. The monoisotopic (exact) mass is 388 g/mol. The van der Waals surface area contributed by atoms with Crippen molar-refractivity contribution in [1.82, 2.24) is 19.9 Å². The summed E-state index contributed by atoms with van der Waals surface area (Å²) in [5, 5.41) is 0. The molecule has 3 rings (SSSR count). The zero-order valence-corrected chi connectivity index (χ0v) is 18.3. The van der Waals surface area contributed by atoms with E-state index in [0.717, 1.165) is 48.8 Å². The van der Waals surface area contributed by atoms with Gasteiger partial charge in [-0.1, -0.05) is 26.0 Å². The fourth-order valence-corrected chi connectivity index (χ4v) is 3.52. The molecule has 0 atom stereocenters. The second-order valence-electron chi connectivity index (χ2n) is 8.32. The maximum Gasteiger partial charge on any atom is 0.0576 e. The molecular formula is C25H32N4. The van der Waals surface area contributed by atoms with Crippen LogP contribution < -0.4 is 0 Å². The van der Waals surface area contributed by atoms with E-state index in [1.807, 2.05) is 24.5 Å². The first-order valence-corrected chi connectivity index (χ1v) is 10.4. The van der Waals surface area contributed by atoms with Crippen molar-refractivity contribution in [2.75, 3.05) is 0 Å². The van der Waals surface area contributed by atoms with Crippen LogP contribution in [0.2, 0.25) is 0 Å². The second-order valence-corrected chi connectivity index (χ2v) is 8.32. The van der Waals surface area contributed by atoms with Gasteiger partial charge in [-0.05, 0) is 74.1 Å². The van der Waals surface area contributed by atoms with Crippen LogP contribution in [-0.4, -0.2) is 19.9 Å². The average Bonchev–Trinajstić information content (AvgIpc) is 2.69. The third-order valence-electron chi connectivity index (χ3n) is 5.35. The van der Waals surface area contributed by atoms with Gasteiger partial charge >= 0.3 is 0 Å². The highest BCUT2D eigenvalue weighted by Gasteiger charge is 2.14. The van der Waals surface area contributed by atoms with E-state index < -0.39 is 0 Å². The fraction of sp³-hybridized carbons (Fsp3) is 0.400. The number of aromatic nitrogens is 3. The summed E-state index contributed by atoms with van der Waals surface area (Å²) in [7, 11) is 0. The van der Waals surface area contributed by atoms with Gasteiger partial charge in [0, 0.05) is 37.7 Å². The van der Waals surface area contributed by atoms with Crippen LogP contribution in [0.15, 0.2) is 48.8 Å². The number of hydrogen-bond acceptors (Lipinski definition) is 4. The average molecular weight is 389 g/mol. The maximum atomic E-state index is 4.91. The molecule has 0 aliphatic heterocycles. The van der Waals surface area contributed by atoms with Crippen LogP contribution in [0.25, 0.3) is 0 Å². The summed E-state index contributed by atoms with van der Waals surface area (Å²) in [6, 6.07) is 12.5. The minimum absolute atomic E-state index is 0.602. The standard InChI is InChI=1S/C25H32N4/c1-18(2)13-22-10-8-11-24(28-22)16-29(15-23-9-6-7-12-26-23)17-25-21(5)20(4)19(3)14-27-25/h6-12,14,18H,13,15-17H2,1-5H3. The van der Waals surface area contributed by atoms with E-state index in [1.54, 1.807) is 0 Å². The molecule has 0 aromatic carbocycles. The van der Waals surface area contributed by atoms with Crippen molar-refractivity contribution in [1.29, 1.82) is 0 Å². The van der Waals surface area contributed by atoms with Crippen LogP contribution in [0.1, 0.15) is 53.3 Å². The summed E-state index contributed by atoms with van der Waals surface area (Å²) in [6.45, 7) is 13.3. The molecule has 0 unspecified atom stereocenters. The van der Waals surface area contributed by atoms with E-state index in [4.69, 9.17) is 9.97 Å². The van der Waals surface area contributed by atoms with Crippen LogP contribution >= 0.6 is 0 Å². The highest BCUT2D eigenvalue weighted by atomic mass is 15.1. The SMILES string of the molecule is Cc1cnc(CN(Cc2ccccn2)Cc2cccc(CC(C)C)n2)c(C)c1C. The molecule has 3 heterocycles. The Kier molecular flexibility index (Phi) is 7.10. The lowest BCUT2D eigenvalue weighted by Gasteiger charge is -2.23. The molecule has 0 N–H and O–H groups in total. The van der Waals surface area contributed by atoms with Crippen molar-refractivity contribution in [3.63, 3.8) is 0 Å². The number of nitrogens with zero attached hydrogens (tertiary/aromatic N) is 4. The van der Waals surface area contributed by atoms with E-state index in [1.165, 1.54) is 16.7 Å². The van der Waals surface area contributed by atoms with Crippen LogP contribution in [0, 0.1) is 26.7 Å². The van der Waals surface area contributed by atoms with Crippen molar-refractivity contribution in [2.45, 2.75) is 60.7 Å². The van der Waals surface area contributed by atoms with Crippen molar-refractivity contribution in [2.24, 2.45) is 5.92 Å². The Morgan fingerprint density at radius 3 is 2.24 bits per heavy atom. The number of aryl methyl sites for hydroxylation is 1. The predicted octanol–water partition coefficient (Wildman–Crippen LogP) is 5.20. The Balaban J connectivity index is 1.84. The topological polar surface area (TPSA) is 41.9 Å². The van der Waals surface area contributed by atoms with Gasteiger partial charge in [-0.3, -0.25) is 19.9 Å². The summed E-state index contributed by atoms with van der Waals surface area (Å²) in [4.78, 5) is 16.6. The first-order chi connectivity index (χ1) is 13.9. The third kappa shape index (κ3) is 5.94. The van der Waals surface area contributed by atoms with E-state index in [2.05, 4.69) is 68.8 Å². The molecule has 29 heavy (non-hydrogen) atoms. The van der Waals surface area contributed by atoms with Gasteiger partial charge in [0.05, 0.1) is 17.1 Å². The summed E-state index contributed by atoms with van der Waals surface area (Å²) < 4.78 is 0. The molecule has 0 bridgehead atoms. The number of rotatable bonds is 8. The molecule has 3 aromatic heterocycles. The lowest BCUT2D eigenvalue weighted by molar-refractivity contribution is 0.238. The van der Waals surface area contributed by atoms with Crippen molar-refractivity contribution >= 4 is 0 Å². The van der Waals surface area contributed by atoms with Gasteiger partial charge in [-0.2, -0.15) is 0 Å². The van der Waals surface area contributed by atoms with Crippen LogP contribution in [0.4, 0.5) is 0 Å². The summed E-state index contributed by atoms with van der Waals surface area (Å²) in [5.41, 5.74) is 8.29. The molecule has 0 radical (unpaired) electrons. The smallest absolute Gasteiger partial charge is 0.0576 e. The molecule has 4 nitrogen and oxygen atoms in total. The molecule has 152 valence electrons. The Hall–Kier alpha value is -2.59. The first kappa shape index (κ1) is 21.1. The van der Waals surface area contributed by atoms with Gasteiger partial charge in [0.1, 0.15) is 0 Å². The van der Waals surface area contributed by atoms with Gasteiger partial charge in [-0.15, -0.1) is 0 Å². The molecule has 0 aliphatic carbocycles. The molecule has 0 aliphatic rings. The van der Waals surface area contributed by atoms with Crippen LogP contribution in [-0.2, 0) is 26.1 Å². The number of hydrogen-bond donors (Lipinski definition) is 0. The van der Waals surface area contributed by atoms with Gasteiger partial charge in [0.15, 0.2) is 0 Å². The van der Waals surface area contributed by atoms with E-state index in [9.17, 15) is 0 Å². The van der Waals surface area contributed by atoms with Gasteiger partial charge in [0.25, 0.3) is 0 Å². The Bertz CT molecular complexity index is 935. The van der Waals surface area contributed by atoms with Crippen molar-refractivity contribution < 1.29 is 0 Å². The Morgan fingerprint density at radius 2 is 1.52 bits per heavy atom. The van der Waals surface area contributed by atoms with E-state index in [-0.39, 0.29) is 0 Å². The lowest BCUT2D eigenvalue weighted by Crippen LogP contribution is -2.25. The fourth-order valence-electron chi connectivity index (χ4n) is 3.52. The van der Waals surface area contributed by atoms with Crippen molar-refractivity contribution in [3.8, 4) is 0 Å². The lowest BCUT2D eigenvalue weighted by atomic mass is 10.0. The molecule has 4 heteroatoms. The highest BCUT2D eigenvalue weighted by Crippen LogP contribution is 2.18. The van der Waals surface area contributed by atoms with Crippen molar-refractivity contribution in [3.05, 3.63) is 88.3 Å². The Labute approximate surface area is 175 Å². The second kappa shape index (κ2) is 9.75. The molecule has 3 aromatic rings. The highest BCUT2D eigenvalue weighted by molar-refractivity contribution is 5.33. The quantitative estimate of drug-likeness (QED) is 0.532. The van der Waals surface area contributed by atoms with Gasteiger partial charge in [0.2, 0.25) is 0 Å². The van der Waals surface area contributed by atoms with Crippen LogP contribution in [0.3, 0.4) is 0 Å². The van der Waals surface area contributed by atoms with Crippen LogP contribution in [0.5, 0.6) is 0 Å². The van der Waals surface area contributed by atoms with E-state index in [0.29, 0.717) is 5.92 Å². The first-order valence-electron chi connectivity index (χ1n) is 10.4. The minimum atomic E-state index is 0.602.